The van der Waals surface area contributed by atoms with Crippen molar-refractivity contribution in [3.05, 3.63) is 160 Å². The number of carbonyl (C=O) groups is 1. The fraction of sp³-hybridized carbons (Fsp3) is 0.273. The minimum absolute atomic E-state index is 0.0125. The molecule has 2 aliphatic heterocycles. The zero-order valence-corrected chi connectivity index (χ0v) is 30.5. The Balaban J connectivity index is 0.879. The molecular formula is C44H45N5O6. The van der Waals surface area contributed by atoms with Crippen LogP contribution in [-0.2, 0) is 22.6 Å². The van der Waals surface area contributed by atoms with E-state index in [0.29, 0.717) is 24.4 Å². The first kappa shape index (κ1) is 36.3. The molecule has 2 fully saturated rings. The normalized spacial score (nSPS) is 19.3. The van der Waals surface area contributed by atoms with Gasteiger partial charge in [-0.15, -0.1) is 0 Å². The first-order valence-electron chi connectivity index (χ1n) is 18.9. The van der Waals surface area contributed by atoms with Crippen molar-refractivity contribution in [3.63, 3.8) is 0 Å². The lowest BCUT2D eigenvalue weighted by molar-refractivity contribution is -0.253. The van der Waals surface area contributed by atoms with Crippen LogP contribution in [-0.4, -0.2) is 51.3 Å². The number of fused-ring (bicyclic) bond motifs is 1. The van der Waals surface area contributed by atoms with Crippen LogP contribution in [0.3, 0.4) is 0 Å². The monoisotopic (exact) mass is 739 g/mol. The molecule has 2 saturated heterocycles. The van der Waals surface area contributed by atoms with E-state index in [1.165, 1.54) is 0 Å². The maximum Gasteiger partial charge on any atom is 0.326 e. The van der Waals surface area contributed by atoms with E-state index in [-0.39, 0.29) is 36.6 Å². The average Bonchev–Trinajstić information content (AvgIpc) is 3.57. The molecule has 6 aromatic rings. The summed E-state index contributed by atoms with van der Waals surface area (Å²) in [6.07, 6.45) is 1.59. The number of anilines is 1. The predicted octanol–water partition coefficient (Wildman–Crippen LogP) is 7.82. The number of aromatic nitrogens is 2. The third-order valence-corrected chi connectivity index (χ3v) is 10.4. The number of likely N-dealkylation sites (tertiary alicyclic amines) is 1. The number of imidazole rings is 1. The van der Waals surface area contributed by atoms with Gasteiger partial charge in [0.05, 0.1) is 29.8 Å². The highest BCUT2D eigenvalue weighted by Crippen LogP contribution is 2.39. The van der Waals surface area contributed by atoms with Crippen molar-refractivity contribution in [2.45, 2.75) is 57.0 Å². The fourth-order valence-electron chi connectivity index (χ4n) is 7.50. The molecule has 4 N–H and O–H groups in total. The van der Waals surface area contributed by atoms with Gasteiger partial charge in [-0.05, 0) is 78.1 Å². The van der Waals surface area contributed by atoms with Crippen LogP contribution < -0.4 is 21.1 Å². The molecule has 282 valence electrons. The molecule has 11 heteroatoms. The quantitative estimate of drug-likeness (QED) is 0.107. The number of benzene rings is 5. The van der Waals surface area contributed by atoms with Crippen LogP contribution in [0.25, 0.3) is 11.0 Å². The van der Waals surface area contributed by atoms with Crippen LogP contribution in [0, 0.1) is 0 Å². The lowest BCUT2D eigenvalue weighted by Crippen LogP contribution is -2.43. The largest absolute Gasteiger partial charge is 0.457 e. The number of aliphatic hydroxyl groups is 1. The Bertz CT molecular complexity index is 2230. The van der Waals surface area contributed by atoms with E-state index in [4.69, 9.17) is 14.2 Å². The Kier molecular flexibility index (Phi) is 11.0. The summed E-state index contributed by atoms with van der Waals surface area (Å²) in [6.45, 7) is 2.81. The number of urea groups is 1. The number of nitrogens with one attached hydrogen (secondary N) is 3. The fourth-order valence-corrected chi connectivity index (χ4v) is 7.50. The van der Waals surface area contributed by atoms with Crippen LogP contribution in [0.2, 0.25) is 0 Å². The van der Waals surface area contributed by atoms with Crippen molar-refractivity contribution in [2.75, 3.05) is 25.0 Å². The molecule has 0 spiro atoms. The highest BCUT2D eigenvalue weighted by Gasteiger charge is 2.34. The number of piperidine rings is 1. The number of amides is 2. The van der Waals surface area contributed by atoms with Crippen molar-refractivity contribution < 1.29 is 24.1 Å². The average molecular weight is 740 g/mol. The van der Waals surface area contributed by atoms with Gasteiger partial charge in [-0.1, -0.05) is 78.9 Å². The maximum absolute atomic E-state index is 12.8. The van der Waals surface area contributed by atoms with Gasteiger partial charge in [0, 0.05) is 49.9 Å². The first-order chi connectivity index (χ1) is 27.0. The van der Waals surface area contributed by atoms with E-state index < -0.39 is 6.29 Å². The molecule has 11 nitrogen and oxygen atoms in total. The number of H-pyrrole nitrogens is 1. The maximum atomic E-state index is 12.8. The molecule has 3 atom stereocenters. The number of nitrogens with zero attached hydrogens (tertiary/aromatic N) is 2. The molecule has 8 rings (SSSR count). The summed E-state index contributed by atoms with van der Waals surface area (Å²) in [5, 5.41) is 15.4. The molecule has 5 aromatic carbocycles. The van der Waals surface area contributed by atoms with E-state index in [1.54, 1.807) is 12.1 Å². The molecule has 0 aliphatic carbocycles. The van der Waals surface area contributed by atoms with E-state index in [9.17, 15) is 14.7 Å². The van der Waals surface area contributed by atoms with Crippen molar-refractivity contribution in [2.24, 2.45) is 0 Å². The topological polar surface area (TPSA) is 130 Å². The Labute approximate surface area is 319 Å². The Morgan fingerprint density at radius 2 is 1.45 bits per heavy atom. The molecule has 2 aliphatic rings. The van der Waals surface area contributed by atoms with Gasteiger partial charge in [-0.2, -0.15) is 0 Å². The summed E-state index contributed by atoms with van der Waals surface area (Å²) in [4.78, 5) is 31.0. The van der Waals surface area contributed by atoms with Crippen molar-refractivity contribution in [3.8, 4) is 11.5 Å². The lowest BCUT2D eigenvalue weighted by atomic mass is 9.98. The van der Waals surface area contributed by atoms with Crippen LogP contribution in [0.15, 0.2) is 132 Å². The summed E-state index contributed by atoms with van der Waals surface area (Å²) < 4.78 is 21.0. The number of ether oxygens (including phenoxy) is 3. The smallest absolute Gasteiger partial charge is 0.326 e. The van der Waals surface area contributed by atoms with Crippen molar-refractivity contribution in [1.29, 1.82) is 0 Å². The number of hydrogen-bond acceptors (Lipinski definition) is 7. The number of hydrogen-bond donors (Lipinski definition) is 4. The summed E-state index contributed by atoms with van der Waals surface area (Å²) in [5.41, 5.74) is 6.16. The van der Waals surface area contributed by atoms with Gasteiger partial charge in [0.15, 0.2) is 6.29 Å². The molecule has 2 amide bonds. The van der Waals surface area contributed by atoms with Crippen molar-refractivity contribution >= 4 is 22.8 Å². The molecule has 55 heavy (non-hydrogen) atoms. The zero-order chi connectivity index (χ0) is 37.6. The molecule has 1 aromatic heterocycles. The van der Waals surface area contributed by atoms with Crippen LogP contribution in [0.5, 0.6) is 11.5 Å². The van der Waals surface area contributed by atoms with Crippen LogP contribution in [0.4, 0.5) is 10.5 Å². The summed E-state index contributed by atoms with van der Waals surface area (Å²) in [6, 6.07) is 40.3. The molecule has 3 unspecified atom stereocenters. The molecular weight excluding hydrogens is 695 g/mol. The summed E-state index contributed by atoms with van der Waals surface area (Å²) >= 11 is 0. The minimum Gasteiger partial charge on any atom is -0.457 e. The highest BCUT2D eigenvalue weighted by atomic mass is 16.7. The molecule has 0 bridgehead atoms. The number of carbonyl (C=O) groups excluding carboxylic acids is 1. The number of para-hydroxylation sites is 3. The Morgan fingerprint density at radius 3 is 2.20 bits per heavy atom. The van der Waals surface area contributed by atoms with Gasteiger partial charge in [-0.3, -0.25) is 4.57 Å². The van der Waals surface area contributed by atoms with Crippen LogP contribution >= 0.6 is 0 Å². The Hall–Kier alpha value is -5.72. The van der Waals surface area contributed by atoms with E-state index in [2.05, 4.69) is 20.5 Å². The van der Waals surface area contributed by atoms with Gasteiger partial charge in [0.25, 0.3) is 0 Å². The summed E-state index contributed by atoms with van der Waals surface area (Å²) in [7, 11) is 0. The second-order valence-electron chi connectivity index (χ2n) is 14.2. The highest BCUT2D eigenvalue weighted by molar-refractivity contribution is 5.89. The number of aromatic amines is 1. The lowest BCUT2D eigenvalue weighted by Gasteiger charge is -2.40. The van der Waals surface area contributed by atoms with Crippen LogP contribution in [0.1, 0.15) is 60.0 Å². The minimum atomic E-state index is -0.581. The Morgan fingerprint density at radius 1 is 0.782 bits per heavy atom. The standard InChI is InChI=1S/C44H45N5O6/c50-29-31-12-14-32(15-13-31)41-26-38(28-48-24-22-35(23-25-48)49-40-9-5-4-8-39(40)47-44(49)52)54-42(55-41)33-16-10-30(11-17-33)27-45-43(51)46-34-18-20-37(21-19-34)53-36-6-2-1-3-7-36/h1-21,35,38,41-42,50H,22-29H2,(H,47,52)(H2,45,46,51). The van der Waals surface area contributed by atoms with E-state index in [0.717, 1.165) is 71.5 Å². The second-order valence-corrected chi connectivity index (χ2v) is 14.2. The van der Waals surface area contributed by atoms with Gasteiger partial charge in [-0.25, -0.2) is 9.59 Å². The first-order valence-corrected chi connectivity index (χ1v) is 18.9. The van der Waals surface area contributed by atoms with Gasteiger partial charge < -0.3 is 39.8 Å². The van der Waals surface area contributed by atoms with E-state index in [1.807, 2.05) is 120 Å². The zero-order valence-electron chi connectivity index (χ0n) is 30.5. The third kappa shape index (κ3) is 8.82. The van der Waals surface area contributed by atoms with Crippen molar-refractivity contribution in [1.82, 2.24) is 19.8 Å². The number of aliphatic hydroxyl groups excluding tert-OH is 1. The van der Waals surface area contributed by atoms with Gasteiger partial charge >= 0.3 is 11.7 Å². The predicted molar refractivity (Wildman–Crippen MR) is 211 cm³/mol. The molecule has 3 heterocycles. The van der Waals surface area contributed by atoms with Gasteiger partial charge in [0.2, 0.25) is 0 Å². The number of rotatable bonds is 11. The summed E-state index contributed by atoms with van der Waals surface area (Å²) in [5.74, 6) is 1.43. The molecule has 0 radical (unpaired) electrons. The SMILES string of the molecule is O=C(NCc1ccc(C2OC(CN3CCC(n4c(=O)[nH]c5ccccc54)CC3)CC(c3ccc(CO)cc3)O2)cc1)Nc1ccc(Oc2ccccc2)cc1. The van der Waals surface area contributed by atoms with E-state index >= 15 is 0 Å². The molecule has 0 saturated carbocycles. The van der Waals surface area contributed by atoms with Gasteiger partial charge in [0.1, 0.15) is 11.5 Å². The third-order valence-electron chi connectivity index (χ3n) is 10.4. The second kappa shape index (κ2) is 16.7.